The van der Waals surface area contributed by atoms with E-state index in [2.05, 4.69) is 5.16 Å². The number of carbonyl (C=O) groups excluding carboxylic acids is 1. The number of esters is 1. The summed E-state index contributed by atoms with van der Waals surface area (Å²) in [6.45, 7) is -0.248. The molecule has 0 unspecified atom stereocenters. The van der Waals surface area contributed by atoms with Gasteiger partial charge in [-0.15, -0.1) is 0 Å². The van der Waals surface area contributed by atoms with E-state index in [1.165, 1.54) is 36.4 Å². The number of rotatable bonds is 5. The van der Waals surface area contributed by atoms with Crippen LogP contribution in [-0.2, 0) is 11.3 Å². The summed E-state index contributed by atoms with van der Waals surface area (Å²) in [5.41, 5.74) is 0.221. The van der Waals surface area contributed by atoms with Gasteiger partial charge in [-0.05, 0) is 24.3 Å². The van der Waals surface area contributed by atoms with E-state index < -0.39 is 22.5 Å². The lowest BCUT2D eigenvalue weighted by Crippen LogP contribution is -2.05. The van der Waals surface area contributed by atoms with E-state index in [4.69, 9.17) is 9.26 Å². The van der Waals surface area contributed by atoms with Crippen molar-refractivity contribution in [1.82, 2.24) is 5.16 Å². The molecule has 1 aromatic heterocycles. The van der Waals surface area contributed by atoms with E-state index in [0.29, 0.717) is 6.07 Å². The van der Waals surface area contributed by atoms with Crippen LogP contribution in [0.2, 0.25) is 0 Å². The fourth-order valence-electron chi connectivity index (χ4n) is 2.14. The summed E-state index contributed by atoms with van der Waals surface area (Å²) in [5, 5.41) is 14.2. The Hall–Kier alpha value is -3.62. The Balaban J connectivity index is 1.66. The summed E-state index contributed by atoms with van der Waals surface area (Å²) in [7, 11) is 0. The van der Waals surface area contributed by atoms with Gasteiger partial charge in [-0.25, -0.2) is 13.6 Å². The minimum Gasteiger partial charge on any atom is -0.455 e. The van der Waals surface area contributed by atoms with Gasteiger partial charge in [0.25, 0.3) is 5.69 Å². The van der Waals surface area contributed by atoms with E-state index >= 15 is 0 Å². The summed E-state index contributed by atoms with van der Waals surface area (Å²) < 4.78 is 36.6. The van der Waals surface area contributed by atoms with Crippen molar-refractivity contribution >= 4 is 11.7 Å². The van der Waals surface area contributed by atoms with E-state index in [1.807, 2.05) is 0 Å². The second-order valence-corrected chi connectivity index (χ2v) is 5.19. The molecule has 0 aliphatic rings. The van der Waals surface area contributed by atoms with Gasteiger partial charge in [0.15, 0.2) is 5.76 Å². The lowest BCUT2D eigenvalue weighted by Gasteiger charge is -2.02. The quantitative estimate of drug-likeness (QED) is 0.389. The molecule has 0 saturated carbocycles. The molecule has 7 nitrogen and oxygen atoms in total. The van der Waals surface area contributed by atoms with Crippen LogP contribution in [0.3, 0.4) is 0 Å². The summed E-state index contributed by atoms with van der Waals surface area (Å²) in [6.07, 6.45) is 0. The predicted octanol–water partition coefficient (Wildman–Crippen LogP) is 3.89. The molecule has 3 aromatic rings. The summed E-state index contributed by atoms with van der Waals surface area (Å²) in [5.74, 6) is -2.18. The minimum atomic E-state index is -0.810. The van der Waals surface area contributed by atoms with Crippen LogP contribution in [0.5, 0.6) is 0 Å². The summed E-state index contributed by atoms with van der Waals surface area (Å²) in [4.78, 5) is 21.9. The molecule has 9 heteroatoms. The molecule has 0 N–H and O–H groups in total. The molecule has 26 heavy (non-hydrogen) atoms. The smallest absolute Gasteiger partial charge is 0.338 e. The number of ether oxygens (including phenoxy) is 1. The topological polar surface area (TPSA) is 95.5 Å². The Morgan fingerprint density at radius 2 is 1.88 bits per heavy atom. The Morgan fingerprint density at radius 1 is 1.15 bits per heavy atom. The highest BCUT2D eigenvalue weighted by Crippen LogP contribution is 2.24. The van der Waals surface area contributed by atoms with Gasteiger partial charge in [0.1, 0.15) is 23.9 Å². The maximum atomic E-state index is 13.7. The lowest BCUT2D eigenvalue weighted by atomic mass is 10.1. The van der Waals surface area contributed by atoms with Crippen molar-refractivity contribution < 1.29 is 27.8 Å². The molecule has 0 saturated heterocycles. The van der Waals surface area contributed by atoms with Gasteiger partial charge in [-0.3, -0.25) is 10.1 Å². The Morgan fingerprint density at radius 3 is 2.54 bits per heavy atom. The summed E-state index contributed by atoms with van der Waals surface area (Å²) >= 11 is 0. The zero-order chi connectivity index (χ0) is 18.7. The van der Waals surface area contributed by atoms with E-state index in [9.17, 15) is 23.7 Å². The third-order valence-electron chi connectivity index (χ3n) is 3.42. The fraction of sp³-hybridized carbons (Fsp3) is 0.0588. The molecule has 0 atom stereocenters. The average Bonchev–Trinajstić information content (AvgIpc) is 3.08. The highest BCUT2D eigenvalue weighted by atomic mass is 19.1. The van der Waals surface area contributed by atoms with Crippen molar-refractivity contribution in [2.75, 3.05) is 0 Å². The van der Waals surface area contributed by atoms with Crippen LogP contribution in [0.15, 0.2) is 53.1 Å². The number of nitrogens with zero attached hydrogens (tertiary/aromatic N) is 2. The molecule has 0 radical (unpaired) electrons. The number of aromatic nitrogens is 1. The number of nitro benzene ring substituents is 1. The van der Waals surface area contributed by atoms with Crippen molar-refractivity contribution in [3.8, 4) is 11.3 Å². The van der Waals surface area contributed by atoms with Gasteiger partial charge >= 0.3 is 5.97 Å². The minimum absolute atomic E-state index is 0.0202. The maximum Gasteiger partial charge on any atom is 0.338 e. The molecule has 132 valence electrons. The molecule has 1 heterocycles. The third-order valence-corrected chi connectivity index (χ3v) is 3.42. The molecule has 0 aliphatic heterocycles. The van der Waals surface area contributed by atoms with Crippen LogP contribution in [0, 0.1) is 21.7 Å². The molecule has 0 amide bonds. The summed E-state index contributed by atoms with van der Waals surface area (Å²) in [6, 6.07) is 9.26. The number of nitro groups is 1. The highest BCUT2D eigenvalue weighted by Gasteiger charge is 2.15. The second-order valence-electron chi connectivity index (χ2n) is 5.19. The first kappa shape index (κ1) is 17.2. The van der Waals surface area contributed by atoms with Gasteiger partial charge < -0.3 is 9.26 Å². The van der Waals surface area contributed by atoms with Crippen LogP contribution in [-0.4, -0.2) is 16.0 Å². The Bertz CT molecular complexity index is 970. The molecule has 3 rings (SSSR count). The standard InChI is InChI=1S/C17H10F2N2O5/c18-11-3-6-14(15(19)7-11)16-8-12(20-26-16)9-25-17(22)10-1-4-13(5-2-10)21(23)24/h1-8H,9H2. The normalized spacial score (nSPS) is 10.5. The van der Waals surface area contributed by atoms with Gasteiger partial charge in [0, 0.05) is 24.3 Å². The number of non-ortho nitro benzene ring substituents is 1. The van der Waals surface area contributed by atoms with Gasteiger partial charge in [-0.1, -0.05) is 5.16 Å². The second kappa shape index (κ2) is 7.09. The first-order valence-corrected chi connectivity index (χ1v) is 7.26. The van der Waals surface area contributed by atoms with Gasteiger partial charge in [0.05, 0.1) is 16.1 Å². The van der Waals surface area contributed by atoms with Crippen molar-refractivity contribution in [2.24, 2.45) is 0 Å². The van der Waals surface area contributed by atoms with Gasteiger partial charge in [0.2, 0.25) is 0 Å². The molecular weight excluding hydrogens is 350 g/mol. The Kier molecular flexibility index (Phi) is 4.70. The van der Waals surface area contributed by atoms with E-state index in [-0.39, 0.29) is 34.9 Å². The molecule has 0 aliphatic carbocycles. The van der Waals surface area contributed by atoms with Crippen molar-refractivity contribution in [2.45, 2.75) is 6.61 Å². The van der Waals surface area contributed by atoms with E-state index in [1.54, 1.807) is 0 Å². The number of benzene rings is 2. The zero-order valence-corrected chi connectivity index (χ0v) is 13.0. The van der Waals surface area contributed by atoms with Crippen LogP contribution in [0.25, 0.3) is 11.3 Å². The number of carbonyl (C=O) groups is 1. The van der Waals surface area contributed by atoms with Crippen LogP contribution >= 0.6 is 0 Å². The first-order valence-electron chi connectivity index (χ1n) is 7.26. The lowest BCUT2D eigenvalue weighted by molar-refractivity contribution is -0.384. The fourth-order valence-corrected chi connectivity index (χ4v) is 2.14. The number of halogens is 2. The monoisotopic (exact) mass is 360 g/mol. The molecule has 2 aromatic carbocycles. The van der Waals surface area contributed by atoms with E-state index in [0.717, 1.165) is 6.07 Å². The zero-order valence-electron chi connectivity index (χ0n) is 13.0. The molecule has 0 bridgehead atoms. The number of hydrogen-bond acceptors (Lipinski definition) is 6. The molecule has 0 spiro atoms. The van der Waals surface area contributed by atoms with Crippen molar-refractivity contribution in [1.29, 1.82) is 0 Å². The predicted molar refractivity (Wildman–Crippen MR) is 84.1 cm³/mol. The van der Waals surface area contributed by atoms with Crippen LogP contribution in [0.4, 0.5) is 14.5 Å². The number of hydrogen-bond donors (Lipinski definition) is 0. The van der Waals surface area contributed by atoms with Crippen molar-refractivity contribution in [3.05, 3.63) is 81.5 Å². The van der Waals surface area contributed by atoms with Crippen LogP contribution in [0.1, 0.15) is 16.1 Å². The average molecular weight is 360 g/mol. The largest absolute Gasteiger partial charge is 0.455 e. The molecular formula is C17H10F2N2O5. The van der Waals surface area contributed by atoms with Gasteiger partial charge in [-0.2, -0.15) is 0 Å². The van der Waals surface area contributed by atoms with Crippen molar-refractivity contribution in [3.63, 3.8) is 0 Å². The van der Waals surface area contributed by atoms with Crippen LogP contribution < -0.4 is 0 Å². The highest BCUT2D eigenvalue weighted by molar-refractivity contribution is 5.89. The SMILES string of the molecule is O=C(OCc1cc(-c2ccc(F)cc2F)on1)c1ccc([N+](=O)[O-])cc1. The molecule has 0 fully saturated rings. The first-order chi connectivity index (χ1) is 12.4. The maximum absolute atomic E-state index is 13.7. The third kappa shape index (κ3) is 3.72. The Labute approximate surface area is 144 Å².